The highest BCUT2D eigenvalue weighted by Gasteiger charge is 2.36. The number of benzene rings is 8. The first-order chi connectivity index (χ1) is 26.0. The second kappa shape index (κ2) is 11.2. The van der Waals surface area contributed by atoms with E-state index in [1.807, 2.05) is 0 Å². The van der Waals surface area contributed by atoms with Crippen LogP contribution in [-0.4, -0.2) is 9.13 Å². The van der Waals surface area contributed by atoms with Crippen LogP contribution in [0.15, 0.2) is 182 Å². The van der Waals surface area contributed by atoms with Crippen molar-refractivity contribution in [3.05, 3.63) is 193 Å². The maximum Gasteiger partial charge on any atom is 0.0544 e. The van der Waals surface area contributed by atoms with Crippen LogP contribution in [0.4, 0.5) is 0 Å². The third-order valence-electron chi connectivity index (χ3n) is 11.7. The molecular formula is C51H36N2. The summed E-state index contributed by atoms with van der Waals surface area (Å²) in [5.41, 5.74) is 17.5. The largest absolute Gasteiger partial charge is 0.309 e. The van der Waals surface area contributed by atoms with Crippen LogP contribution >= 0.6 is 0 Å². The molecular weight excluding hydrogens is 641 g/mol. The molecule has 10 aromatic rings. The van der Waals surface area contributed by atoms with Gasteiger partial charge in [0.25, 0.3) is 0 Å². The van der Waals surface area contributed by atoms with Gasteiger partial charge in [-0.2, -0.15) is 0 Å². The molecule has 0 spiro atoms. The molecule has 2 heterocycles. The maximum absolute atomic E-state index is 2.46. The molecule has 0 radical (unpaired) electrons. The molecule has 53 heavy (non-hydrogen) atoms. The van der Waals surface area contributed by atoms with Crippen LogP contribution < -0.4 is 0 Å². The molecule has 0 unspecified atom stereocenters. The number of hydrogen-bond acceptors (Lipinski definition) is 0. The Morgan fingerprint density at radius 1 is 0.321 bits per heavy atom. The number of para-hydroxylation sites is 2. The van der Waals surface area contributed by atoms with E-state index in [-0.39, 0.29) is 5.41 Å². The quantitative estimate of drug-likeness (QED) is 0.176. The van der Waals surface area contributed by atoms with E-state index in [0.717, 1.165) is 0 Å². The zero-order chi connectivity index (χ0) is 35.3. The fraction of sp³-hybridized carbons (Fsp3) is 0.0588. The van der Waals surface area contributed by atoms with Crippen molar-refractivity contribution in [1.82, 2.24) is 9.13 Å². The molecule has 2 heteroatoms. The molecule has 250 valence electrons. The summed E-state index contributed by atoms with van der Waals surface area (Å²) in [6.07, 6.45) is 0. The molecule has 8 aromatic carbocycles. The summed E-state index contributed by atoms with van der Waals surface area (Å²) in [6.45, 7) is 4.73. The van der Waals surface area contributed by atoms with Crippen LogP contribution in [0.3, 0.4) is 0 Å². The van der Waals surface area contributed by atoms with E-state index in [1.54, 1.807) is 0 Å². The lowest BCUT2D eigenvalue weighted by molar-refractivity contribution is 0.661. The van der Waals surface area contributed by atoms with E-state index in [2.05, 4.69) is 205 Å². The van der Waals surface area contributed by atoms with Crippen molar-refractivity contribution in [3.63, 3.8) is 0 Å². The third-order valence-corrected chi connectivity index (χ3v) is 11.7. The summed E-state index contributed by atoms with van der Waals surface area (Å²) in [7, 11) is 0. The highest BCUT2D eigenvalue weighted by Crippen LogP contribution is 2.51. The Balaban J connectivity index is 1.16. The number of fused-ring (bicyclic) bond motifs is 9. The molecule has 0 bridgehead atoms. The lowest BCUT2D eigenvalue weighted by atomic mass is 9.82. The van der Waals surface area contributed by atoms with Gasteiger partial charge in [0.05, 0.1) is 22.1 Å². The number of hydrogen-bond donors (Lipinski definition) is 0. The predicted octanol–water partition coefficient (Wildman–Crippen LogP) is 13.5. The van der Waals surface area contributed by atoms with Gasteiger partial charge in [-0.3, -0.25) is 0 Å². The summed E-state index contributed by atoms with van der Waals surface area (Å²) in [6, 6.07) is 67.1. The van der Waals surface area contributed by atoms with Crippen molar-refractivity contribution in [2.24, 2.45) is 0 Å². The van der Waals surface area contributed by atoms with E-state index in [0.29, 0.717) is 0 Å². The van der Waals surface area contributed by atoms with Crippen molar-refractivity contribution in [2.45, 2.75) is 19.3 Å². The molecule has 2 nitrogen and oxygen atoms in total. The highest BCUT2D eigenvalue weighted by molar-refractivity contribution is 6.14. The van der Waals surface area contributed by atoms with Crippen LogP contribution in [0, 0.1) is 0 Å². The molecule has 11 rings (SSSR count). The Kier molecular flexibility index (Phi) is 6.33. The van der Waals surface area contributed by atoms with Crippen molar-refractivity contribution >= 4 is 43.6 Å². The Labute approximate surface area is 308 Å². The second-order valence-electron chi connectivity index (χ2n) is 15.0. The minimum absolute atomic E-state index is 0.0715. The van der Waals surface area contributed by atoms with Gasteiger partial charge < -0.3 is 9.13 Å². The first kappa shape index (κ1) is 30.0. The van der Waals surface area contributed by atoms with Crippen molar-refractivity contribution in [3.8, 4) is 44.8 Å². The van der Waals surface area contributed by atoms with Gasteiger partial charge >= 0.3 is 0 Å². The maximum atomic E-state index is 2.46. The minimum Gasteiger partial charge on any atom is -0.309 e. The van der Waals surface area contributed by atoms with Crippen LogP contribution in [0.5, 0.6) is 0 Å². The first-order valence-electron chi connectivity index (χ1n) is 18.5. The fourth-order valence-corrected chi connectivity index (χ4v) is 9.12. The first-order valence-corrected chi connectivity index (χ1v) is 18.5. The van der Waals surface area contributed by atoms with Crippen LogP contribution in [0.25, 0.3) is 88.4 Å². The zero-order valence-corrected chi connectivity index (χ0v) is 29.7. The average molecular weight is 677 g/mol. The number of rotatable bonds is 4. The van der Waals surface area contributed by atoms with Gasteiger partial charge in [0, 0.05) is 38.3 Å². The van der Waals surface area contributed by atoms with E-state index in [9.17, 15) is 0 Å². The topological polar surface area (TPSA) is 9.86 Å². The van der Waals surface area contributed by atoms with E-state index in [1.165, 1.54) is 99.5 Å². The lowest BCUT2D eigenvalue weighted by Gasteiger charge is -2.21. The molecule has 0 fully saturated rings. The highest BCUT2D eigenvalue weighted by atomic mass is 15.0. The average Bonchev–Trinajstić information content (AvgIpc) is 3.80. The molecule has 1 aliphatic carbocycles. The van der Waals surface area contributed by atoms with Crippen LogP contribution in [0.2, 0.25) is 0 Å². The van der Waals surface area contributed by atoms with Gasteiger partial charge in [-0.1, -0.05) is 123 Å². The van der Waals surface area contributed by atoms with Gasteiger partial charge in [0.2, 0.25) is 0 Å². The Hall–Kier alpha value is -6.64. The Morgan fingerprint density at radius 3 is 1.30 bits per heavy atom. The summed E-state index contributed by atoms with van der Waals surface area (Å²) >= 11 is 0. The molecule has 0 N–H and O–H groups in total. The van der Waals surface area contributed by atoms with Crippen molar-refractivity contribution < 1.29 is 0 Å². The van der Waals surface area contributed by atoms with Crippen molar-refractivity contribution in [2.75, 3.05) is 0 Å². The van der Waals surface area contributed by atoms with Gasteiger partial charge in [-0.05, 0) is 117 Å². The van der Waals surface area contributed by atoms with Gasteiger partial charge in [-0.15, -0.1) is 0 Å². The number of aromatic nitrogens is 2. The summed E-state index contributed by atoms with van der Waals surface area (Å²) in [4.78, 5) is 0. The van der Waals surface area contributed by atoms with E-state index < -0.39 is 0 Å². The lowest BCUT2D eigenvalue weighted by Crippen LogP contribution is -2.14. The molecule has 0 aliphatic heterocycles. The normalized spacial score (nSPS) is 13.2. The summed E-state index contributed by atoms with van der Waals surface area (Å²) in [5.74, 6) is 0. The van der Waals surface area contributed by atoms with E-state index >= 15 is 0 Å². The monoisotopic (exact) mass is 676 g/mol. The van der Waals surface area contributed by atoms with Gasteiger partial charge in [0.15, 0.2) is 0 Å². The van der Waals surface area contributed by atoms with Crippen LogP contribution in [-0.2, 0) is 5.41 Å². The molecule has 0 saturated heterocycles. The molecule has 1 aliphatic rings. The fourth-order valence-electron chi connectivity index (χ4n) is 9.12. The Bertz CT molecular complexity index is 3050. The standard InChI is InChI=1S/C51H36N2/c1-51(2)45-21-13-12-20-39(45)40-31-44-43-30-36(24-27-49(43)53(50(44)32-46(40)51)38-18-10-5-11-19-38)35-23-26-48-42(29-35)41-28-34(33-14-6-3-7-15-33)22-25-47(41)52(48)37-16-8-4-9-17-37/h3-32H,1-2H3. The van der Waals surface area contributed by atoms with Crippen LogP contribution in [0.1, 0.15) is 25.0 Å². The van der Waals surface area contributed by atoms with Gasteiger partial charge in [0.1, 0.15) is 0 Å². The molecule has 0 atom stereocenters. The van der Waals surface area contributed by atoms with Crippen molar-refractivity contribution in [1.29, 1.82) is 0 Å². The van der Waals surface area contributed by atoms with Gasteiger partial charge in [-0.25, -0.2) is 0 Å². The second-order valence-corrected chi connectivity index (χ2v) is 15.0. The predicted molar refractivity (Wildman–Crippen MR) is 224 cm³/mol. The summed E-state index contributed by atoms with van der Waals surface area (Å²) < 4.78 is 4.86. The number of nitrogens with zero attached hydrogens (tertiary/aromatic N) is 2. The van der Waals surface area contributed by atoms with E-state index in [4.69, 9.17) is 0 Å². The smallest absolute Gasteiger partial charge is 0.0544 e. The minimum atomic E-state index is -0.0715. The molecule has 0 amide bonds. The zero-order valence-electron chi connectivity index (χ0n) is 29.7. The summed E-state index contributed by atoms with van der Waals surface area (Å²) in [5, 5.41) is 5.06. The molecule has 2 aromatic heterocycles. The SMILES string of the molecule is CC1(C)c2ccccc2-c2cc3c4cc(-c5ccc6c(c5)c5cc(-c7ccccc7)ccc5n6-c5ccccc5)ccc4n(-c4ccccc4)c3cc21. The third kappa shape index (κ3) is 4.39. The Morgan fingerprint density at radius 2 is 0.755 bits per heavy atom. The molecule has 0 saturated carbocycles.